The Balaban J connectivity index is 1.78. The molecule has 0 N–H and O–H groups in total. The lowest BCUT2D eigenvalue weighted by Crippen LogP contribution is -2.19. The van der Waals surface area contributed by atoms with E-state index in [0.717, 1.165) is 9.54 Å². The van der Waals surface area contributed by atoms with Crippen LogP contribution in [0, 0.1) is 0 Å². The lowest BCUT2D eigenvalue weighted by molar-refractivity contribution is 0.101. The van der Waals surface area contributed by atoms with Crippen LogP contribution in [0.4, 0.5) is 0 Å². The number of ether oxygens (including phenoxy) is 1. The monoisotopic (exact) mass is 483 g/mol. The van der Waals surface area contributed by atoms with Crippen molar-refractivity contribution in [2.24, 2.45) is 0 Å². The molecule has 4 rings (SSSR count). The SMILES string of the molecule is O=C(CBr)c1cc2cc(OCc3ccccc3)ccc2n1S(=O)(=O)c1ccccc1. The zero-order valence-corrected chi connectivity index (χ0v) is 18.3. The van der Waals surface area contributed by atoms with E-state index in [4.69, 9.17) is 4.74 Å². The van der Waals surface area contributed by atoms with Crippen molar-refractivity contribution in [2.45, 2.75) is 11.5 Å². The minimum absolute atomic E-state index is 0.0188. The van der Waals surface area contributed by atoms with Crippen molar-refractivity contribution < 1.29 is 17.9 Å². The number of carbonyl (C=O) groups is 1. The Morgan fingerprint density at radius 2 is 1.57 bits per heavy atom. The number of rotatable bonds is 7. The average Bonchev–Trinajstić information content (AvgIpc) is 3.18. The highest BCUT2D eigenvalue weighted by Crippen LogP contribution is 2.29. The molecule has 0 aliphatic carbocycles. The molecule has 1 heterocycles. The summed E-state index contributed by atoms with van der Waals surface area (Å²) < 4.78 is 33.6. The molecule has 0 atom stereocenters. The van der Waals surface area contributed by atoms with Crippen molar-refractivity contribution in [3.05, 3.63) is 96.2 Å². The molecule has 7 heteroatoms. The first-order valence-electron chi connectivity index (χ1n) is 9.23. The number of nitrogens with zero attached hydrogens (tertiary/aromatic N) is 1. The second kappa shape index (κ2) is 8.45. The molecule has 0 saturated heterocycles. The van der Waals surface area contributed by atoms with Crippen molar-refractivity contribution in [3.63, 3.8) is 0 Å². The zero-order chi connectivity index (χ0) is 21.1. The highest BCUT2D eigenvalue weighted by Gasteiger charge is 2.26. The molecular formula is C23H18BrNO4S. The first-order valence-corrected chi connectivity index (χ1v) is 11.8. The minimum atomic E-state index is -3.94. The number of Topliss-reactive ketones (excluding diaryl/α,β-unsaturated/α-hetero) is 1. The van der Waals surface area contributed by atoms with E-state index < -0.39 is 10.0 Å². The van der Waals surface area contributed by atoms with Gasteiger partial charge in [-0.25, -0.2) is 12.4 Å². The Labute approximate surface area is 183 Å². The lowest BCUT2D eigenvalue weighted by atomic mass is 10.2. The van der Waals surface area contributed by atoms with Crippen LogP contribution in [0.2, 0.25) is 0 Å². The van der Waals surface area contributed by atoms with Crippen LogP contribution in [-0.4, -0.2) is 23.5 Å². The summed E-state index contributed by atoms with van der Waals surface area (Å²) in [6.45, 7) is 0.391. The molecule has 0 fully saturated rings. The quantitative estimate of drug-likeness (QED) is 0.273. The normalized spacial score (nSPS) is 11.5. The van der Waals surface area contributed by atoms with Crippen LogP contribution < -0.4 is 4.74 Å². The van der Waals surface area contributed by atoms with Gasteiger partial charge >= 0.3 is 0 Å². The van der Waals surface area contributed by atoms with E-state index in [9.17, 15) is 13.2 Å². The van der Waals surface area contributed by atoms with Crippen LogP contribution in [-0.2, 0) is 16.6 Å². The Morgan fingerprint density at radius 3 is 2.23 bits per heavy atom. The van der Waals surface area contributed by atoms with Gasteiger partial charge in [-0.3, -0.25) is 4.79 Å². The van der Waals surface area contributed by atoms with Gasteiger partial charge in [0, 0.05) is 5.39 Å². The van der Waals surface area contributed by atoms with Gasteiger partial charge in [-0.1, -0.05) is 64.5 Å². The number of alkyl halides is 1. The summed E-state index contributed by atoms with van der Waals surface area (Å²) in [7, 11) is -3.94. The molecule has 1 aromatic heterocycles. The van der Waals surface area contributed by atoms with E-state index in [-0.39, 0.29) is 21.7 Å². The third kappa shape index (κ3) is 3.91. The fourth-order valence-electron chi connectivity index (χ4n) is 3.22. The second-order valence-corrected chi connectivity index (χ2v) is 9.01. The van der Waals surface area contributed by atoms with Crippen molar-refractivity contribution in [1.82, 2.24) is 3.97 Å². The molecule has 0 aliphatic rings. The Kier molecular flexibility index (Phi) is 5.74. The van der Waals surface area contributed by atoms with E-state index in [1.54, 1.807) is 42.5 Å². The molecule has 0 spiro atoms. The van der Waals surface area contributed by atoms with E-state index in [1.807, 2.05) is 30.3 Å². The summed E-state index contributed by atoms with van der Waals surface area (Å²) in [5, 5.41) is 0.634. The summed E-state index contributed by atoms with van der Waals surface area (Å²) in [5.74, 6) is 0.274. The Bertz CT molecular complexity index is 1300. The fraction of sp³-hybridized carbons (Fsp3) is 0.0870. The van der Waals surface area contributed by atoms with Gasteiger partial charge in [-0.05, 0) is 42.0 Å². The Morgan fingerprint density at radius 1 is 0.900 bits per heavy atom. The van der Waals surface area contributed by atoms with Crippen molar-refractivity contribution in [1.29, 1.82) is 0 Å². The number of aromatic nitrogens is 1. The third-order valence-electron chi connectivity index (χ3n) is 4.67. The maximum atomic E-state index is 13.3. The van der Waals surface area contributed by atoms with E-state index in [2.05, 4.69) is 15.9 Å². The number of halogens is 1. The highest BCUT2D eigenvalue weighted by atomic mass is 79.9. The lowest BCUT2D eigenvalue weighted by Gasteiger charge is -2.11. The van der Waals surface area contributed by atoms with Crippen molar-refractivity contribution in [3.8, 4) is 5.75 Å². The van der Waals surface area contributed by atoms with Crippen LogP contribution >= 0.6 is 15.9 Å². The van der Waals surface area contributed by atoms with Crippen LogP contribution in [0.5, 0.6) is 5.75 Å². The maximum absolute atomic E-state index is 13.3. The topological polar surface area (TPSA) is 65.4 Å². The van der Waals surface area contributed by atoms with Gasteiger partial charge in [0.1, 0.15) is 18.1 Å². The molecule has 5 nitrogen and oxygen atoms in total. The summed E-state index contributed by atoms with van der Waals surface area (Å²) in [6, 6.07) is 24.6. The largest absolute Gasteiger partial charge is 0.489 e. The van der Waals surface area contributed by atoms with Gasteiger partial charge in [0.25, 0.3) is 10.0 Å². The molecule has 0 unspecified atom stereocenters. The highest BCUT2D eigenvalue weighted by molar-refractivity contribution is 9.09. The van der Waals surface area contributed by atoms with Gasteiger partial charge in [-0.2, -0.15) is 0 Å². The number of hydrogen-bond donors (Lipinski definition) is 0. The summed E-state index contributed by atoms with van der Waals surface area (Å²) in [6.07, 6.45) is 0. The number of carbonyl (C=O) groups excluding carboxylic acids is 1. The van der Waals surface area contributed by atoms with Gasteiger partial charge in [0.2, 0.25) is 0 Å². The number of ketones is 1. The first-order chi connectivity index (χ1) is 14.5. The summed E-state index contributed by atoms with van der Waals surface area (Å²) in [5.41, 5.74) is 1.55. The minimum Gasteiger partial charge on any atom is -0.489 e. The molecule has 0 radical (unpaired) electrons. The predicted molar refractivity (Wildman–Crippen MR) is 120 cm³/mol. The molecule has 4 aromatic rings. The van der Waals surface area contributed by atoms with Gasteiger partial charge < -0.3 is 4.74 Å². The summed E-state index contributed by atoms with van der Waals surface area (Å²) >= 11 is 3.15. The number of hydrogen-bond acceptors (Lipinski definition) is 4. The summed E-state index contributed by atoms with van der Waals surface area (Å²) in [4.78, 5) is 12.6. The van der Waals surface area contributed by atoms with Crippen LogP contribution in [0.3, 0.4) is 0 Å². The second-order valence-electron chi connectivity index (χ2n) is 6.66. The van der Waals surface area contributed by atoms with E-state index in [1.165, 1.54) is 12.1 Å². The van der Waals surface area contributed by atoms with E-state index in [0.29, 0.717) is 23.3 Å². The molecule has 0 saturated carbocycles. The molecule has 3 aromatic carbocycles. The van der Waals surface area contributed by atoms with Crippen molar-refractivity contribution >= 4 is 42.6 Å². The van der Waals surface area contributed by atoms with Crippen LogP contribution in [0.25, 0.3) is 10.9 Å². The molecule has 0 bridgehead atoms. The van der Waals surface area contributed by atoms with Gasteiger partial charge in [0.05, 0.1) is 15.7 Å². The Hall–Kier alpha value is -2.90. The maximum Gasteiger partial charge on any atom is 0.268 e. The van der Waals surface area contributed by atoms with Gasteiger partial charge in [0.15, 0.2) is 5.78 Å². The predicted octanol–water partition coefficient (Wildman–Crippen LogP) is 5.03. The number of fused-ring (bicyclic) bond motifs is 1. The average molecular weight is 484 g/mol. The molecular weight excluding hydrogens is 466 g/mol. The molecule has 0 aliphatic heterocycles. The molecule has 30 heavy (non-hydrogen) atoms. The van der Waals surface area contributed by atoms with E-state index >= 15 is 0 Å². The molecule has 152 valence electrons. The first kappa shape index (κ1) is 20.4. The van der Waals surface area contributed by atoms with Crippen LogP contribution in [0.15, 0.2) is 89.8 Å². The van der Waals surface area contributed by atoms with Gasteiger partial charge in [-0.15, -0.1) is 0 Å². The van der Waals surface area contributed by atoms with Crippen molar-refractivity contribution in [2.75, 3.05) is 5.33 Å². The molecule has 0 amide bonds. The standard InChI is InChI=1S/C23H18BrNO4S/c24-15-23(26)22-14-18-13-19(29-16-17-7-3-1-4-8-17)11-12-21(18)25(22)30(27,28)20-9-5-2-6-10-20/h1-14H,15-16H2. The number of benzene rings is 3. The zero-order valence-electron chi connectivity index (χ0n) is 15.9. The van der Waals surface area contributed by atoms with Crippen LogP contribution in [0.1, 0.15) is 16.1 Å². The smallest absolute Gasteiger partial charge is 0.268 e. The third-order valence-corrected chi connectivity index (χ3v) is 6.92. The fourth-order valence-corrected chi connectivity index (χ4v) is 5.06.